The fourth-order valence-corrected chi connectivity index (χ4v) is 5.14. The zero-order chi connectivity index (χ0) is 18.0. The van der Waals surface area contributed by atoms with Crippen LogP contribution in [0.15, 0.2) is 24.3 Å². The highest BCUT2D eigenvalue weighted by atomic mass is 35.5. The van der Waals surface area contributed by atoms with Crippen molar-refractivity contribution in [1.82, 2.24) is 9.80 Å². The molecule has 2 aliphatic heterocycles. The average molecular weight is 403 g/mol. The van der Waals surface area contributed by atoms with Crippen LogP contribution in [0, 0.1) is 0 Å². The third kappa shape index (κ3) is 3.71. The Labute approximate surface area is 161 Å². The summed E-state index contributed by atoms with van der Waals surface area (Å²) in [5.74, 6) is 1.41. The van der Waals surface area contributed by atoms with Gasteiger partial charge in [-0.05, 0) is 37.1 Å². The monoisotopic (exact) mass is 402 g/mol. The van der Waals surface area contributed by atoms with Crippen LogP contribution < -0.4 is 4.74 Å². The largest absolute Gasteiger partial charge is 0.497 e. The number of thioether (sulfide) groups is 1. The van der Waals surface area contributed by atoms with Gasteiger partial charge >= 0.3 is 0 Å². The molecule has 8 heteroatoms. The number of nitrogens with zero attached hydrogens (tertiary/aromatic N) is 2. The molecule has 0 N–H and O–H groups in total. The van der Waals surface area contributed by atoms with Gasteiger partial charge in [-0.2, -0.15) is 0 Å². The summed E-state index contributed by atoms with van der Waals surface area (Å²) in [5, 5.41) is 0. The fraction of sp³-hybridized carbons (Fsp3) is 0.529. The van der Waals surface area contributed by atoms with E-state index in [1.807, 2.05) is 4.90 Å². The van der Waals surface area contributed by atoms with Crippen molar-refractivity contribution in [3.8, 4) is 5.75 Å². The van der Waals surface area contributed by atoms with Crippen LogP contribution in [-0.2, 0) is 4.79 Å². The number of hydrogen-bond acceptors (Lipinski definition) is 4. The molecule has 0 bridgehead atoms. The van der Waals surface area contributed by atoms with Crippen molar-refractivity contribution >= 4 is 46.8 Å². The smallest absolute Gasteiger partial charge is 0.255 e. The lowest BCUT2D eigenvalue weighted by Crippen LogP contribution is -2.54. The molecule has 0 atom stereocenters. The van der Waals surface area contributed by atoms with Gasteiger partial charge in [-0.1, -0.05) is 23.2 Å². The molecule has 2 heterocycles. The topological polar surface area (TPSA) is 49.9 Å². The summed E-state index contributed by atoms with van der Waals surface area (Å²) < 4.78 is 5.15. The number of amides is 2. The van der Waals surface area contributed by atoms with E-state index in [1.54, 1.807) is 48.0 Å². The molecule has 0 saturated carbocycles. The number of piperidine rings is 1. The van der Waals surface area contributed by atoms with E-state index >= 15 is 0 Å². The quantitative estimate of drug-likeness (QED) is 0.729. The van der Waals surface area contributed by atoms with Gasteiger partial charge in [0.2, 0.25) is 0 Å². The van der Waals surface area contributed by atoms with Crippen molar-refractivity contribution in [2.75, 3.05) is 32.5 Å². The molecular formula is C17H20Cl2N2O3S. The highest BCUT2D eigenvalue weighted by Crippen LogP contribution is 2.44. The Kier molecular flexibility index (Phi) is 5.71. The fourth-order valence-electron chi connectivity index (χ4n) is 3.41. The van der Waals surface area contributed by atoms with Gasteiger partial charge in [0.05, 0.1) is 12.0 Å². The molecule has 0 radical (unpaired) electrons. The van der Waals surface area contributed by atoms with Crippen LogP contribution in [-0.4, -0.2) is 63.8 Å². The Morgan fingerprint density at radius 1 is 1.16 bits per heavy atom. The van der Waals surface area contributed by atoms with Crippen molar-refractivity contribution in [2.45, 2.75) is 22.5 Å². The predicted octanol–water partition coefficient (Wildman–Crippen LogP) is 3.01. The van der Waals surface area contributed by atoms with E-state index in [0.29, 0.717) is 18.7 Å². The number of likely N-dealkylation sites (tertiary alicyclic amines) is 1. The molecular weight excluding hydrogens is 383 g/mol. The molecule has 0 aromatic heterocycles. The summed E-state index contributed by atoms with van der Waals surface area (Å²) in [7, 11) is 1.60. The van der Waals surface area contributed by atoms with Gasteiger partial charge in [0.15, 0.2) is 4.84 Å². The molecule has 1 aromatic carbocycles. The molecule has 1 spiro atoms. The Morgan fingerprint density at radius 2 is 1.80 bits per heavy atom. The van der Waals surface area contributed by atoms with E-state index in [0.717, 1.165) is 30.9 Å². The number of alkyl halides is 2. The standard InChI is InChI=1S/C17H20Cl2N2O3S/c1-24-13-4-2-12(3-5-13)15(22)21-10-11-25-17(21)6-8-20(9-7-17)16(23)14(18)19/h2-5,14H,6-11H2,1H3. The lowest BCUT2D eigenvalue weighted by atomic mass is 10.0. The van der Waals surface area contributed by atoms with Crippen LogP contribution in [0.4, 0.5) is 0 Å². The molecule has 0 aliphatic carbocycles. The Hall–Kier alpha value is -1.11. The number of ether oxygens (including phenoxy) is 1. The maximum atomic E-state index is 13.0. The van der Waals surface area contributed by atoms with E-state index in [4.69, 9.17) is 27.9 Å². The number of hydrogen-bond donors (Lipinski definition) is 0. The van der Waals surface area contributed by atoms with Crippen molar-refractivity contribution < 1.29 is 14.3 Å². The molecule has 2 fully saturated rings. The third-order valence-electron chi connectivity index (χ3n) is 4.80. The van der Waals surface area contributed by atoms with Crippen LogP contribution >= 0.6 is 35.0 Å². The summed E-state index contributed by atoms with van der Waals surface area (Å²) in [6.45, 7) is 1.85. The lowest BCUT2D eigenvalue weighted by molar-refractivity contribution is -0.130. The van der Waals surface area contributed by atoms with Crippen LogP contribution in [0.2, 0.25) is 0 Å². The van der Waals surface area contributed by atoms with Gasteiger partial charge < -0.3 is 14.5 Å². The molecule has 5 nitrogen and oxygen atoms in total. The first-order valence-corrected chi connectivity index (χ1v) is 9.99. The minimum absolute atomic E-state index is 0.0278. The van der Waals surface area contributed by atoms with E-state index < -0.39 is 4.84 Å². The lowest BCUT2D eigenvalue weighted by Gasteiger charge is -2.44. The number of carbonyl (C=O) groups excluding carboxylic acids is 2. The molecule has 2 saturated heterocycles. The molecule has 136 valence electrons. The van der Waals surface area contributed by atoms with Crippen LogP contribution in [0.25, 0.3) is 0 Å². The second kappa shape index (κ2) is 7.64. The molecule has 2 aliphatic rings. The summed E-state index contributed by atoms with van der Waals surface area (Å²) in [6, 6.07) is 7.18. The molecule has 2 amide bonds. The predicted molar refractivity (Wildman–Crippen MR) is 101 cm³/mol. The number of methoxy groups -OCH3 is 1. The van der Waals surface area contributed by atoms with Crippen molar-refractivity contribution in [3.63, 3.8) is 0 Å². The van der Waals surface area contributed by atoms with E-state index in [9.17, 15) is 9.59 Å². The maximum Gasteiger partial charge on any atom is 0.255 e. The Bertz CT molecular complexity index is 646. The summed E-state index contributed by atoms with van der Waals surface area (Å²) >= 11 is 13.2. The summed E-state index contributed by atoms with van der Waals surface area (Å²) in [6.07, 6.45) is 1.46. The highest BCUT2D eigenvalue weighted by molar-refractivity contribution is 8.00. The van der Waals surface area contributed by atoms with Crippen LogP contribution in [0.1, 0.15) is 23.2 Å². The minimum atomic E-state index is -1.03. The zero-order valence-electron chi connectivity index (χ0n) is 13.9. The first-order chi connectivity index (χ1) is 12.0. The van der Waals surface area contributed by atoms with Gasteiger partial charge in [0.25, 0.3) is 11.8 Å². The van der Waals surface area contributed by atoms with Gasteiger partial charge in [-0.25, -0.2) is 0 Å². The van der Waals surface area contributed by atoms with E-state index in [1.165, 1.54) is 0 Å². The SMILES string of the molecule is COc1ccc(C(=O)N2CCSC23CCN(C(=O)C(Cl)Cl)CC3)cc1. The Morgan fingerprint density at radius 3 is 2.36 bits per heavy atom. The van der Waals surface area contributed by atoms with Gasteiger partial charge in [0.1, 0.15) is 5.75 Å². The first kappa shape index (κ1) is 18.7. The molecule has 3 rings (SSSR count). The summed E-state index contributed by atoms with van der Waals surface area (Å²) in [5.41, 5.74) is 0.655. The van der Waals surface area contributed by atoms with Gasteiger partial charge in [0, 0.05) is 31.0 Å². The highest BCUT2D eigenvalue weighted by Gasteiger charge is 2.47. The van der Waals surface area contributed by atoms with Gasteiger partial charge in [-0.15, -0.1) is 11.8 Å². The molecule has 25 heavy (non-hydrogen) atoms. The van der Waals surface area contributed by atoms with E-state index in [-0.39, 0.29) is 16.7 Å². The number of carbonyl (C=O) groups is 2. The number of halogens is 2. The normalized spacial score (nSPS) is 19.5. The molecule has 0 unspecified atom stereocenters. The number of benzene rings is 1. The summed E-state index contributed by atoms with van der Waals surface area (Å²) in [4.78, 5) is 27.3. The zero-order valence-corrected chi connectivity index (χ0v) is 16.2. The maximum absolute atomic E-state index is 13.0. The first-order valence-electron chi connectivity index (χ1n) is 8.14. The second-order valence-electron chi connectivity index (χ2n) is 6.11. The second-order valence-corrected chi connectivity index (χ2v) is 8.66. The molecule has 1 aromatic rings. The van der Waals surface area contributed by atoms with Crippen molar-refractivity contribution in [1.29, 1.82) is 0 Å². The van der Waals surface area contributed by atoms with Crippen molar-refractivity contribution in [3.05, 3.63) is 29.8 Å². The van der Waals surface area contributed by atoms with Crippen molar-refractivity contribution in [2.24, 2.45) is 0 Å². The van der Waals surface area contributed by atoms with Gasteiger partial charge in [-0.3, -0.25) is 9.59 Å². The third-order valence-corrected chi connectivity index (χ3v) is 6.73. The van der Waals surface area contributed by atoms with Crippen LogP contribution in [0.3, 0.4) is 0 Å². The average Bonchev–Trinajstić information content (AvgIpc) is 3.04. The van der Waals surface area contributed by atoms with E-state index in [2.05, 4.69) is 0 Å². The Balaban J connectivity index is 1.72. The minimum Gasteiger partial charge on any atom is -0.497 e. The van der Waals surface area contributed by atoms with Crippen LogP contribution in [0.5, 0.6) is 5.75 Å². The number of rotatable bonds is 3.